The maximum atomic E-state index is 13.5. The van der Waals surface area contributed by atoms with Gasteiger partial charge < -0.3 is 30.2 Å². The van der Waals surface area contributed by atoms with Crippen LogP contribution in [-0.4, -0.2) is 94.7 Å². The molecule has 2 atom stereocenters. The molecular formula is C48H70N8O2S2. The normalized spacial score (nSPS) is 19.9. The van der Waals surface area contributed by atoms with Crippen LogP contribution in [-0.2, 0) is 22.4 Å². The van der Waals surface area contributed by atoms with Gasteiger partial charge in [-0.2, -0.15) is 27.0 Å². The summed E-state index contributed by atoms with van der Waals surface area (Å²) >= 11 is 0. The van der Waals surface area contributed by atoms with Crippen LogP contribution in [0.4, 0.5) is 11.4 Å². The van der Waals surface area contributed by atoms with Crippen molar-refractivity contribution in [1.82, 2.24) is 19.6 Å². The Morgan fingerprint density at radius 2 is 0.950 bits per heavy atom. The average molecular weight is 855 g/mol. The molecule has 2 saturated carbocycles. The lowest BCUT2D eigenvalue weighted by Crippen LogP contribution is -2.39. The summed E-state index contributed by atoms with van der Waals surface area (Å²) in [5, 5.41) is 24.3. The summed E-state index contributed by atoms with van der Waals surface area (Å²) in [7, 11) is 0. The summed E-state index contributed by atoms with van der Waals surface area (Å²) in [5.41, 5.74) is 3.69. The van der Waals surface area contributed by atoms with Gasteiger partial charge in [-0.1, -0.05) is 131 Å². The first-order chi connectivity index (χ1) is 28.4. The summed E-state index contributed by atoms with van der Waals surface area (Å²) in [5.74, 6) is 2.11. The van der Waals surface area contributed by atoms with E-state index in [0.717, 1.165) is 50.6 Å². The Morgan fingerprint density at radius 3 is 1.35 bits per heavy atom. The Bertz CT molecular complexity index is 1680. The van der Waals surface area contributed by atoms with Crippen LogP contribution in [0.25, 0.3) is 0 Å². The van der Waals surface area contributed by atoms with Crippen molar-refractivity contribution in [3.8, 4) is 0 Å². The molecule has 2 aliphatic heterocycles. The SMILES string of the molecule is N=C1N(CC(=O)Nc2cccc(NC(=O)CN3C[C@H](Cc4ccccc4)N(CCCC4CCCCC4)C3=N)c2)C[C@H](Cc2ccccc2)N1CCCC1CCCCC1.S.S. The predicted octanol–water partition coefficient (Wildman–Crippen LogP) is 8.84. The van der Waals surface area contributed by atoms with Gasteiger partial charge in [0.1, 0.15) is 13.1 Å². The molecule has 7 rings (SSSR count). The highest BCUT2D eigenvalue weighted by molar-refractivity contribution is 7.59. The van der Waals surface area contributed by atoms with Crippen molar-refractivity contribution >= 4 is 62.1 Å². The van der Waals surface area contributed by atoms with Gasteiger partial charge >= 0.3 is 0 Å². The molecule has 0 unspecified atom stereocenters. The molecule has 2 heterocycles. The molecule has 0 radical (unpaired) electrons. The first-order valence-corrected chi connectivity index (χ1v) is 22.4. The largest absolute Gasteiger partial charge is 0.338 e. The zero-order valence-electron chi connectivity index (χ0n) is 35.6. The number of guanidine groups is 2. The third-order valence-corrected chi connectivity index (χ3v) is 13.1. The number of benzene rings is 3. The van der Waals surface area contributed by atoms with E-state index in [1.807, 2.05) is 40.1 Å². The Balaban J connectivity index is 0.00000341. The van der Waals surface area contributed by atoms with Crippen LogP contribution in [0.2, 0.25) is 0 Å². The Labute approximate surface area is 373 Å². The second-order valence-electron chi connectivity index (χ2n) is 17.5. The Hall–Kier alpha value is -4.16. The monoisotopic (exact) mass is 855 g/mol. The molecule has 60 heavy (non-hydrogen) atoms. The lowest BCUT2D eigenvalue weighted by Gasteiger charge is -2.27. The van der Waals surface area contributed by atoms with E-state index in [1.165, 1.54) is 88.2 Å². The fraction of sp³-hybridized carbons (Fsp3) is 0.542. The highest BCUT2D eigenvalue weighted by atomic mass is 32.1. The third-order valence-electron chi connectivity index (χ3n) is 13.1. The van der Waals surface area contributed by atoms with Crippen LogP contribution < -0.4 is 10.6 Å². The van der Waals surface area contributed by atoms with Crippen molar-refractivity contribution in [2.24, 2.45) is 11.8 Å². The van der Waals surface area contributed by atoms with Gasteiger partial charge in [0.25, 0.3) is 0 Å². The van der Waals surface area contributed by atoms with Gasteiger partial charge in [-0.3, -0.25) is 20.4 Å². The molecule has 4 fully saturated rings. The third kappa shape index (κ3) is 13.4. The number of rotatable bonds is 18. The van der Waals surface area contributed by atoms with E-state index in [4.69, 9.17) is 10.8 Å². The molecule has 0 aromatic heterocycles. The summed E-state index contributed by atoms with van der Waals surface area (Å²) in [4.78, 5) is 35.2. The smallest absolute Gasteiger partial charge is 0.244 e. The first-order valence-electron chi connectivity index (χ1n) is 22.4. The molecule has 2 aliphatic carbocycles. The van der Waals surface area contributed by atoms with E-state index in [1.54, 1.807) is 6.07 Å². The van der Waals surface area contributed by atoms with Crippen LogP contribution in [0, 0.1) is 22.7 Å². The highest BCUT2D eigenvalue weighted by Crippen LogP contribution is 2.30. The van der Waals surface area contributed by atoms with Crippen molar-refractivity contribution in [3.63, 3.8) is 0 Å². The number of carbonyl (C=O) groups excluding carboxylic acids is 2. The van der Waals surface area contributed by atoms with Crippen LogP contribution in [0.5, 0.6) is 0 Å². The average Bonchev–Trinajstić information content (AvgIpc) is 3.68. The van der Waals surface area contributed by atoms with E-state index < -0.39 is 0 Å². The van der Waals surface area contributed by atoms with Crippen LogP contribution in [0.15, 0.2) is 84.9 Å². The minimum Gasteiger partial charge on any atom is -0.338 e. The number of anilines is 2. The molecule has 2 saturated heterocycles. The molecular weight excluding hydrogens is 785 g/mol. The molecule has 0 bridgehead atoms. The predicted molar refractivity (Wildman–Crippen MR) is 256 cm³/mol. The molecule has 4 N–H and O–H groups in total. The minimum absolute atomic E-state index is 0. The van der Waals surface area contributed by atoms with Crippen molar-refractivity contribution in [2.45, 2.75) is 115 Å². The molecule has 4 aliphatic rings. The molecule has 0 spiro atoms. The topological polar surface area (TPSA) is 119 Å². The number of hydrogen-bond donors (Lipinski definition) is 4. The molecule has 12 heteroatoms. The molecule has 326 valence electrons. The zero-order valence-corrected chi connectivity index (χ0v) is 37.6. The van der Waals surface area contributed by atoms with Gasteiger partial charge in [0.05, 0.1) is 12.1 Å². The van der Waals surface area contributed by atoms with Crippen molar-refractivity contribution < 1.29 is 9.59 Å². The van der Waals surface area contributed by atoms with Crippen LogP contribution in [0.1, 0.15) is 101 Å². The number of nitrogens with one attached hydrogen (secondary N) is 4. The van der Waals surface area contributed by atoms with Crippen molar-refractivity contribution in [2.75, 3.05) is 49.9 Å². The quantitative estimate of drug-likeness (QED) is 0.102. The summed E-state index contributed by atoms with van der Waals surface area (Å²) < 4.78 is 0. The van der Waals surface area contributed by atoms with Crippen LogP contribution in [0.3, 0.4) is 0 Å². The van der Waals surface area contributed by atoms with E-state index in [9.17, 15) is 9.59 Å². The summed E-state index contributed by atoms with van der Waals surface area (Å²) in [6, 6.07) is 28.5. The highest BCUT2D eigenvalue weighted by Gasteiger charge is 2.36. The summed E-state index contributed by atoms with van der Waals surface area (Å²) in [6.45, 7) is 3.15. The van der Waals surface area contributed by atoms with E-state index in [2.05, 4.69) is 69.0 Å². The van der Waals surface area contributed by atoms with E-state index in [0.29, 0.717) is 36.4 Å². The van der Waals surface area contributed by atoms with E-state index in [-0.39, 0.29) is 64.0 Å². The number of carbonyl (C=O) groups is 2. The van der Waals surface area contributed by atoms with Crippen LogP contribution >= 0.6 is 27.0 Å². The first kappa shape index (κ1) is 46.9. The number of amides is 2. The molecule has 10 nitrogen and oxygen atoms in total. The standard InChI is InChI=1S/C48H66N8O2.2H2S/c49-47-53(33-43(30-39-20-9-3-10-21-39)55(47)28-14-24-37-16-5-1-6-17-37)35-45(57)51-41-26-13-27-42(32-41)52-46(58)36-54-34-44(31-40-22-11-4-12-23-40)56(48(54)50)29-15-25-38-18-7-2-8-19-38;;/h3-4,9-13,20-23,26-27,32,37-38,43-44,49-50H,1-2,5-8,14-19,24-25,28-31,33-36H2,(H,51,57)(H,52,58);2*1H2/t43-,44-;;/m0../s1. The number of hydrogen-bond acceptors (Lipinski definition) is 4. The summed E-state index contributed by atoms with van der Waals surface area (Å²) in [6.07, 6.45) is 19.7. The lowest BCUT2D eigenvalue weighted by atomic mass is 9.86. The van der Waals surface area contributed by atoms with Gasteiger partial charge in [-0.25, -0.2) is 0 Å². The minimum atomic E-state index is -0.186. The second kappa shape index (κ2) is 23.7. The molecule has 3 aromatic carbocycles. The molecule has 3 aromatic rings. The van der Waals surface area contributed by atoms with Gasteiger partial charge in [-0.15, -0.1) is 0 Å². The number of nitrogens with zero attached hydrogens (tertiary/aromatic N) is 4. The second-order valence-corrected chi connectivity index (χ2v) is 17.5. The van der Waals surface area contributed by atoms with Gasteiger partial charge in [0, 0.05) is 37.6 Å². The van der Waals surface area contributed by atoms with E-state index >= 15 is 0 Å². The maximum Gasteiger partial charge on any atom is 0.244 e. The van der Waals surface area contributed by atoms with Crippen molar-refractivity contribution in [1.29, 1.82) is 10.8 Å². The fourth-order valence-corrected chi connectivity index (χ4v) is 10.0. The maximum absolute atomic E-state index is 13.5. The van der Waals surface area contributed by atoms with Crippen molar-refractivity contribution in [3.05, 3.63) is 96.1 Å². The zero-order chi connectivity index (χ0) is 40.1. The van der Waals surface area contributed by atoms with Gasteiger partial charge in [-0.05, 0) is 79.7 Å². The lowest BCUT2D eigenvalue weighted by molar-refractivity contribution is -0.117. The Kier molecular flexibility index (Phi) is 18.6. The van der Waals surface area contributed by atoms with Gasteiger partial charge in [0.15, 0.2) is 11.9 Å². The van der Waals surface area contributed by atoms with Gasteiger partial charge in [0.2, 0.25) is 11.8 Å². The Morgan fingerprint density at radius 1 is 0.550 bits per heavy atom. The fourth-order valence-electron chi connectivity index (χ4n) is 10.0. The molecule has 2 amide bonds.